The van der Waals surface area contributed by atoms with E-state index in [1.54, 1.807) is 30.3 Å². The number of non-ortho nitro benzene ring substituents is 1. The van der Waals surface area contributed by atoms with Crippen molar-refractivity contribution < 1.29 is 19.2 Å². The highest BCUT2D eigenvalue weighted by Crippen LogP contribution is 2.22. The third-order valence-corrected chi connectivity index (χ3v) is 4.60. The molecule has 1 amide bonds. The smallest absolute Gasteiger partial charge is 0.269 e. The number of hydrogen-bond acceptors (Lipinski definition) is 5. The number of hydrogen-bond donors (Lipinski definition) is 1. The Morgan fingerprint density at radius 3 is 2.23 bits per heavy atom. The normalized spacial score (nSPS) is 10.3. The van der Waals surface area contributed by atoms with Gasteiger partial charge in [-0.2, -0.15) is 0 Å². The van der Waals surface area contributed by atoms with E-state index in [2.05, 4.69) is 5.32 Å². The Bertz CT molecular complexity index is 1100. The van der Waals surface area contributed by atoms with Gasteiger partial charge in [-0.05, 0) is 54.6 Å². The van der Waals surface area contributed by atoms with Gasteiger partial charge in [-0.15, -0.1) is 0 Å². The molecular weight excluding hydrogens is 431 g/mol. The van der Waals surface area contributed by atoms with Crippen molar-refractivity contribution in [2.75, 3.05) is 11.9 Å². The predicted octanol–water partition coefficient (Wildman–Crippen LogP) is 5.42. The van der Waals surface area contributed by atoms with Crippen molar-refractivity contribution in [2.24, 2.45) is 0 Å². The van der Waals surface area contributed by atoms with Crippen LogP contribution in [0.1, 0.15) is 20.7 Å². The molecule has 3 aromatic rings. The molecule has 1 N–H and O–H groups in total. The molecule has 0 aliphatic carbocycles. The van der Waals surface area contributed by atoms with Gasteiger partial charge in [-0.25, -0.2) is 0 Å². The number of nitro groups is 1. The summed E-state index contributed by atoms with van der Waals surface area (Å²) < 4.78 is 5.47. The van der Waals surface area contributed by atoms with E-state index in [4.69, 9.17) is 27.9 Å². The number of rotatable bonds is 7. The van der Waals surface area contributed by atoms with Crippen molar-refractivity contribution in [1.82, 2.24) is 0 Å². The van der Waals surface area contributed by atoms with Gasteiger partial charge in [0.15, 0.2) is 6.61 Å². The number of ether oxygens (including phenoxy) is 1. The van der Waals surface area contributed by atoms with E-state index in [1.165, 1.54) is 36.4 Å². The lowest BCUT2D eigenvalue weighted by Crippen LogP contribution is -2.13. The molecule has 0 atom stereocenters. The van der Waals surface area contributed by atoms with Gasteiger partial charge in [0.1, 0.15) is 5.75 Å². The molecule has 0 aromatic heterocycles. The lowest BCUT2D eigenvalue weighted by Gasteiger charge is -2.09. The SMILES string of the molecule is O=C(Nc1ccc(OCC(=O)c2ccc(Cl)cc2Cl)cc1)c1ccc([N+](=O)[O-])cc1. The van der Waals surface area contributed by atoms with Crippen LogP contribution < -0.4 is 10.1 Å². The minimum absolute atomic E-state index is 0.0949. The number of Topliss-reactive ketones (excluding diaryl/α,β-unsaturated/α-hetero) is 1. The molecule has 0 saturated carbocycles. The number of ketones is 1. The Balaban J connectivity index is 1.57. The van der Waals surface area contributed by atoms with Crippen LogP contribution in [-0.4, -0.2) is 23.2 Å². The summed E-state index contributed by atoms with van der Waals surface area (Å²) in [4.78, 5) is 34.6. The maximum absolute atomic E-state index is 12.2. The molecule has 0 fully saturated rings. The molecule has 0 aliphatic rings. The number of benzene rings is 3. The molecule has 0 saturated heterocycles. The maximum Gasteiger partial charge on any atom is 0.269 e. The first-order chi connectivity index (χ1) is 14.3. The first-order valence-corrected chi connectivity index (χ1v) is 9.36. The molecule has 3 rings (SSSR count). The largest absolute Gasteiger partial charge is 0.485 e. The zero-order valence-electron chi connectivity index (χ0n) is 15.3. The monoisotopic (exact) mass is 444 g/mol. The summed E-state index contributed by atoms with van der Waals surface area (Å²) in [7, 11) is 0. The van der Waals surface area contributed by atoms with Crippen LogP contribution in [0, 0.1) is 10.1 Å². The van der Waals surface area contributed by atoms with Crippen molar-refractivity contribution in [1.29, 1.82) is 0 Å². The Hall–Kier alpha value is -3.42. The molecular formula is C21H14Cl2N2O5. The summed E-state index contributed by atoms with van der Waals surface area (Å²) in [5.74, 6) is -0.278. The molecule has 0 radical (unpaired) electrons. The molecule has 3 aromatic carbocycles. The number of amides is 1. The van der Waals surface area contributed by atoms with E-state index in [-0.39, 0.29) is 28.7 Å². The van der Waals surface area contributed by atoms with Crippen molar-refractivity contribution in [3.63, 3.8) is 0 Å². The predicted molar refractivity (Wildman–Crippen MR) is 114 cm³/mol. The lowest BCUT2D eigenvalue weighted by molar-refractivity contribution is -0.384. The summed E-state index contributed by atoms with van der Waals surface area (Å²) in [6, 6.07) is 16.3. The fourth-order valence-electron chi connectivity index (χ4n) is 2.51. The Morgan fingerprint density at radius 2 is 1.63 bits per heavy atom. The summed E-state index contributed by atoms with van der Waals surface area (Å²) in [6.07, 6.45) is 0. The van der Waals surface area contributed by atoms with Crippen LogP contribution in [0.4, 0.5) is 11.4 Å². The van der Waals surface area contributed by atoms with Crippen LogP contribution in [0.2, 0.25) is 10.0 Å². The van der Waals surface area contributed by atoms with E-state index in [1.807, 2.05) is 0 Å². The van der Waals surface area contributed by atoms with Gasteiger partial charge in [0.25, 0.3) is 11.6 Å². The third kappa shape index (κ3) is 5.34. The Morgan fingerprint density at radius 1 is 0.967 bits per heavy atom. The number of nitro benzene ring substituents is 1. The number of carbonyl (C=O) groups is 2. The average molecular weight is 445 g/mol. The van der Waals surface area contributed by atoms with Crippen LogP contribution >= 0.6 is 23.2 Å². The highest BCUT2D eigenvalue weighted by Gasteiger charge is 2.12. The molecule has 0 aliphatic heterocycles. The summed E-state index contributed by atoms with van der Waals surface area (Å²) >= 11 is 11.8. The highest BCUT2D eigenvalue weighted by atomic mass is 35.5. The molecule has 0 unspecified atom stereocenters. The molecule has 0 bridgehead atoms. The first-order valence-electron chi connectivity index (χ1n) is 8.60. The van der Waals surface area contributed by atoms with Gasteiger partial charge in [0.2, 0.25) is 5.78 Å². The Labute approximate surface area is 181 Å². The van der Waals surface area contributed by atoms with Crippen LogP contribution in [-0.2, 0) is 0 Å². The topological polar surface area (TPSA) is 98.5 Å². The van der Waals surface area contributed by atoms with E-state index in [9.17, 15) is 19.7 Å². The van der Waals surface area contributed by atoms with Crippen molar-refractivity contribution in [3.05, 3.63) is 98.0 Å². The number of carbonyl (C=O) groups excluding carboxylic acids is 2. The fourth-order valence-corrected chi connectivity index (χ4v) is 3.03. The number of anilines is 1. The third-order valence-electron chi connectivity index (χ3n) is 4.05. The number of nitrogens with zero attached hydrogens (tertiary/aromatic N) is 1. The summed E-state index contributed by atoms with van der Waals surface area (Å²) in [5, 5.41) is 14.0. The molecule has 30 heavy (non-hydrogen) atoms. The Kier molecular flexibility index (Phi) is 6.66. The zero-order chi connectivity index (χ0) is 21.7. The van der Waals surface area contributed by atoms with Gasteiger partial charge in [-0.1, -0.05) is 23.2 Å². The standard InChI is InChI=1S/C21H14Cl2N2O5/c22-14-3-10-18(19(23)11-14)20(26)12-30-17-8-4-15(5-9-17)24-21(27)13-1-6-16(7-2-13)25(28)29/h1-11H,12H2,(H,24,27). The second kappa shape index (κ2) is 9.39. The van der Waals surface area contributed by atoms with Gasteiger partial charge < -0.3 is 10.1 Å². The minimum atomic E-state index is -0.536. The van der Waals surface area contributed by atoms with Gasteiger partial charge in [0.05, 0.1) is 9.95 Å². The highest BCUT2D eigenvalue weighted by molar-refractivity contribution is 6.36. The van der Waals surface area contributed by atoms with Gasteiger partial charge in [0, 0.05) is 34.0 Å². The van der Waals surface area contributed by atoms with Crippen LogP contribution in [0.5, 0.6) is 5.75 Å². The zero-order valence-corrected chi connectivity index (χ0v) is 16.8. The second-order valence-electron chi connectivity index (χ2n) is 6.12. The first kappa shape index (κ1) is 21.3. The van der Waals surface area contributed by atoms with E-state index >= 15 is 0 Å². The molecule has 152 valence electrons. The number of nitrogens with one attached hydrogen (secondary N) is 1. The van der Waals surface area contributed by atoms with Crippen molar-refractivity contribution in [2.45, 2.75) is 0 Å². The quantitative estimate of drug-likeness (QED) is 0.298. The van der Waals surface area contributed by atoms with E-state index in [0.29, 0.717) is 22.0 Å². The van der Waals surface area contributed by atoms with E-state index in [0.717, 1.165) is 0 Å². The van der Waals surface area contributed by atoms with Crippen LogP contribution in [0.3, 0.4) is 0 Å². The maximum atomic E-state index is 12.2. The molecule has 7 nitrogen and oxygen atoms in total. The van der Waals surface area contributed by atoms with Gasteiger partial charge in [-0.3, -0.25) is 19.7 Å². The van der Waals surface area contributed by atoms with Gasteiger partial charge >= 0.3 is 0 Å². The lowest BCUT2D eigenvalue weighted by atomic mass is 10.1. The van der Waals surface area contributed by atoms with Crippen LogP contribution in [0.25, 0.3) is 0 Å². The van der Waals surface area contributed by atoms with Crippen LogP contribution in [0.15, 0.2) is 66.7 Å². The second-order valence-corrected chi connectivity index (χ2v) is 6.96. The minimum Gasteiger partial charge on any atom is -0.485 e. The number of halogens is 2. The molecule has 0 spiro atoms. The summed E-state index contributed by atoms with van der Waals surface area (Å²) in [5.41, 5.74) is 1.000. The van der Waals surface area contributed by atoms with Crippen molar-refractivity contribution in [3.8, 4) is 5.75 Å². The molecule has 9 heteroatoms. The van der Waals surface area contributed by atoms with Crippen molar-refractivity contribution >= 4 is 46.3 Å². The molecule has 0 heterocycles. The van der Waals surface area contributed by atoms with E-state index < -0.39 is 10.8 Å². The summed E-state index contributed by atoms with van der Waals surface area (Å²) in [6.45, 7) is -0.212. The average Bonchev–Trinajstić information content (AvgIpc) is 2.73. The fraction of sp³-hybridized carbons (Fsp3) is 0.0476.